The SMILES string of the molecule is CCCCN(CC(F)(F)F)C(=O)COC1CCCCC1. The second kappa shape index (κ2) is 8.49. The molecule has 0 aliphatic heterocycles. The van der Waals surface area contributed by atoms with E-state index in [1.807, 2.05) is 6.92 Å². The topological polar surface area (TPSA) is 29.5 Å². The Morgan fingerprint density at radius 1 is 1.25 bits per heavy atom. The highest BCUT2D eigenvalue weighted by Crippen LogP contribution is 2.21. The van der Waals surface area contributed by atoms with Gasteiger partial charge in [-0.15, -0.1) is 0 Å². The number of carbonyl (C=O) groups is 1. The Kier molecular flexibility index (Phi) is 7.34. The lowest BCUT2D eigenvalue weighted by atomic mass is 9.98. The number of ether oxygens (including phenoxy) is 1. The zero-order valence-electron chi connectivity index (χ0n) is 12.0. The summed E-state index contributed by atoms with van der Waals surface area (Å²) in [5, 5.41) is 0. The van der Waals surface area contributed by atoms with Crippen LogP contribution >= 0.6 is 0 Å². The molecule has 0 aromatic heterocycles. The van der Waals surface area contributed by atoms with Gasteiger partial charge in [-0.1, -0.05) is 32.6 Å². The van der Waals surface area contributed by atoms with E-state index in [2.05, 4.69) is 0 Å². The Morgan fingerprint density at radius 2 is 1.90 bits per heavy atom. The van der Waals surface area contributed by atoms with Crippen molar-refractivity contribution in [2.45, 2.75) is 64.1 Å². The minimum Gasteiger partial charge on any atom is -0.368 e. The monoisotopic (exact) mass is 295 g/mol. The number of nitrogens with zero attached hydrogens (tertiary/aromatic N) is 1. The molecule has 1 amide bonds. The van der Waals surface area contributed by atoms with Crippen molar-refractivity contribution in [3.8, 4) is 0 Å². The van der Waals surface area contributed by atoms with E-state index in [4.69, 9.17) is 4.74 Å². The van der Waals surface area contributed by atoms with E-state index in [0.717, 1.165) is 37.0 Å². The Bertz CT molecular complexity index is 289. The van der Waals surface area contributed by atoms with Crippen molar-refractivity contribution < 1.29 is 22.7 Å². The Morgan fingerprint density at radius 3 is 2.45 bits per heavy atom. The summed E-state index contributed by atoms with van der Waals surface area (Å²) >= 11 is 0. The average molecular weight is 295 g/mol. The normalized spacial score (nSPS) is 17.2. The highest BCUT2D eigenvalue weighted by Gasteiger charge is 2.32. The zero-order valence-corrected chi connectivity index (χ0v) is 12.0. The highest BCUT2D eigenvalue weighted by atomic mass is 19.4. The summed E-state index contributed by atoms with van der Waals surface area (Å²) in [6.07, 6.45) is 2.13. The van der Waals surface area contributed by atoms with Gasteiger partial charge in [-0.05, 0) is 19.3 Å². The summed E-state index contributed by atoms with van der Waals surface area (Å²) in [4.78, 5) is 12.7. The number of hydrogen-bond donors (Lipinski definition) is 0. The van der Waals surface area contributed by atoms with Crippen molar-refractivity contribution in [1.82, 2.24) is 4.90 Å². The van der Waals surface area contributed by atoms with E-state index in [1.165, 1.54) is 6.42 Å². The van der Waals surface area contributed by atoms with Crippen LogP contribution in [0.15, 0.2) is 0 Å². The minimum atomic E-state index is -4.35. The first-order valence-corrected chi connectivity index (χ1v) is 7.38. The van der Waals surface area contributed by atoms with Gasteiger partial charge in [0.1, 0.15) is 13.2 Å². The number of unbranched alkanes of at least 4 members (excludes halogenated alkanes) is 1. The molecule has 1 aliphatic rings. The van der Waals surface area contributed by atoms with E-state index in [0.29, 0.717) is 6.42 Å². The molecule has 1 saturated carbocycles. The molecule has 0 radical (unpaired) electrons. The van der Waals surface area contributed by atoms with Crippen LogP contribution in [0.4, 0.5) is 13.2 Å². The second-order valence-electron chi connectivity index (χ2n) is 5.36. The fourth-order valence-corrected chi connectivity index (χ4v) is 2.37. The first kappa shape index (κ1) is 17.3. The summed E-state index contributed by atoms with van der Waals surface area (Å²) in [6.45, 7) is 0.613. The average Bonchev–Trinajstić information content (AvgIpc) is 2.40. The molecule has 0 aromatic rings. The number of rotatable bonds is 7. The lowest BCUT2D eigenvalue weighted by Crippen LogP contribution is -2.42. The van der Waals surface area contributed by atoms with Crippen LogP contribution in [-0.2, 0) is 9.53 Å². The molecule has 0 bridgehead atoms. The van der Waals surface area contributed by atoms with E-state index in [9.17, 15) is 18.0 Å². The number of alkyl halides is 3. The van der Waals surface area contributed by atoms with Crippen LogP contribution < -0.4 is 0 Å². The lowest BCUT2D eigenvalue weighted by Gasteiger charge is -2.26. The maximum Gasteiger partial charge on any atom is 0.406 e. The van der Waals surface area contributed by atoms with Crippen LogP contribution in [0.5, 0.6) is 0 Å². The largest absolute Gasteiger partial charge is 0.406 e. The van der Waals surface area contributed by atoms with E-state index >= 15 is 0 Å². The summed E-state index contributed by atoms with van der Waals surface area (Å²) in [5.41, 5.74) is 0. The highest BCUT2D eigenvalue weighted by molar-refractivity contribution is 5.77. The van der Waals surface area contributed by atoms with Crippen LogP contribution in [0.2, 0.25) is 0 Å². The fourth-order valence-electron chi connectivity index (χ4n) is 2.37. The summed E-state index contributed by atoms with van der Waals surface area (Å²) in [7, 11) is 0. The number of halogens is 3. The van der Waals surface area contributed by atoms with Gasteiger partial charge in [-0.2, -0.15) is 13.2 Å². The summed E-state index contributed by atoms with van der Waals surface area (Å²) in [6, 6.07) is 0. The first-order valence-electron chi connectivity index (χ1n) is 7.38. The van der Waals surface area contributed by atoms with Gasteiger partial charge in [0.25, 0.3) is 0 Å². The maximum absolute atomic E-state index is 12.5. The third-order valence-corrected chi connectivity index (χ3v) is 3.50. The van der Waals surface area contributed by atoms with Crippen molar-refractivity contribution >= 4 is 5.91 Å². The molecule has 3 nitrogen and oxygen atoms in total. The van der Waals surface area contributed by atoms with Gasteiger partial charge in [0, 0.05) is 6.54 Å². The summed E-state index contributed by atoms with van der Waals surface area (Å²) in [5.74, 6) is -0.554. The van der Waals surface area contributed by atoms with Crippen LogP contribution in [0.3, 0.4) is 0 Å². The van der Waals surface area contributed by atoms with Crippen LogP contribution in [-0.4, -0.2) is 42.8 Å². The number of hydrogen-bond acceptors (Lipinski definition) is 2. The second-order valence-corrected chi connectivity index (χ2v) is 5.36. The molecule has 0 saturated heterocycles. The van der Waals surface area contributed by atoms with Crippen LogP contribution in [0.25, 0.3) is 0 Å². The predicted octanol–water partition coefficient (Wildman–Crippen LogP) is 3.53. The third kappa shape index (κ3) is 7.12. The Labute approximate surface area is 118 Å². The quantitative estimate of drug-likeness (QED) is 0.719. The molecule has 0 spiro atoms. The molecular weight excluding hydrogens is 271 g/mol. The predicted molar refractivity (Wildman–Crippen MR) is 70.4 cm³/mol. The number of amides is 1. The molecule has 0 heterocycles. The molecule has 0 atom stereocenters. The first-order chi connectivity index (χ1) is 9.42. The molecule has 0 aromatic carbocycles. The van der Waals surface area contributed by atoms with Crippen molar-refractivity contribution in [2.24, 2.45) is 0 Å². The van der Waals surface area contributed by atoms with Crippen molar-refractivity contribution in [1.29, 1.82) is 0 Å². The maximum atomic E-state index is 12.5. The molecule has 1 aliphatic carbocycles. The van der Waals surface area contributed by atoms with Gasteiger partial charge in [0.2, 0.25) is 5.91 Å². The summed E-state index contributed by atoms with van der Waals surface area (Å²) < 4.78 is 42.8. The molecule has 1 fully saturated rings. The molecule has 1 rings (SSSR count). The Balaban J connectivity index is 2.40. The smallest absolute Gasteiger partial charge is 0.368 e. The van der Waals surface area contributed by atoms with Gasteiger partial charge in [0.15, 0.2) is 0 Å². The number of carbonyl (C=O) groups excluding carboxylic acids is 1. The third-order valence-electron chi connectivity index (χ3n) is 3.50. The molecule has 20 heavy (non-hydrogen) atoms. The lowest BCUT2D eigenvalue weighted by molar-refractivity contribution is -0.165. The van der Waals surface area contributed by atoms with E-state index in [1.54, 1.807) is 0 Å². The zero-order chi connectivity index (χ0) is 15.0. The van der Waals surface area contributed by atoms with Gasteiger partial charge in [-0.25, -0.2) is 0 Å². The molecule has 0 unspecified atom stereocenters. The van der Waals surface area contributed by atoms with Crippen molar-refractivity contribution in [3.05, 3.63) is 0 Å². The van der Waals surface area contributed by atoms with Crippen molar-refractivity contribution in [3.63, 3.8) is 0 Å². The van der Waals surface area contributed by atoms with Crippen LogP contribution in [0.1, 0.15) is 51.9 Å². The van der Waals surface area contributed by atoms with Gasteiger partial charge >= 0.3 is 6.18 Å². The molecular formula is C14H24F3NO2. The molecule has 0 N–H and O–H groups in total. The minimum absolute atomic E-state index is 0.0339. The molecule has 118 valence electrons. The van der Waals surface area contributed by atoms with E-state index < -0.39 is 18.6 Å². The molecule has 6 heteroatoms. The van der Waals surface area contributed by atoms with Gasteiger partial charge in [0.05, 0.1) is 6.10 Å². The Hall–Kier alpha value is -0.780. The van der Waals surface area contributed by atoms with Gasteiger partial charge in [-0.3, -0.25) is 4.79 Å². The van der Waals surface area contributed by atoms with Crippen LogP contribution in [0, 0.1) is 0 Å². The standard InChI is InChI=1S/C14H24F3NO2/c1-2-3-9-18(11-14(15,16)17)13(19)10-20-12-7-5-4-6-8-12/h12H,2-11H2,1H3. The fraction of sp³-hybridized carbons (Fsp3) is 0.929. The van der Waals surface area contributed by atoms with E-state index in [-0.39, 0.29) is 19.3 Å². The van der Waals surface area contributed by atoms with Gasteiger partial charge < -0.3 is 9.64 Å². The van der Waals surface area contributed by atoms with Crippen molar-refractivity contribution in [2.75, 3.05) is 19.7 Å².